The van der Waals surface area contributed by atoms with Gasteiger partial charge in [0.15, 0.2) is 0 Å². The molecule has 0 bridgehead atoms. The van der Waals surface area contributed by atoms with Gasteiger partial charge in [-0.3, -0.25) is 5.32 Å². The summed E-state index contributed by atoms with van der Waals surface area (Å²) in [4.78, 5) is 26.8. The number of carbonyl (C=O) groups is 1. The molecule has 2 amide bonds. The summed E-state index contributed by atoms with van der Waals surface area (Å²) in [6, 6.07) is 28.6. The van der Waals surface area contributed by atoms with Crippen LogP contribution in [0, 0.1) is 6.92 Å². The Morgan fingerprint density at radius 3 is 2.56 bits per heavy atom. The van der Waals surface area contributed by atoms with Gasteiger partial charge in [0.25, 0.3) is 0 Å². The predicted molar refractivity (Wildman–Crippen MR) is 190 cm³/mol. The fourth-order valence-corrected chi connectivity index (χ4v) is 5.54. The Bertz CT molecular complexity index is 2240. The fourth-order valence-electron chi connectivity index (χ4n) is 5.54. The maximum atomic E-state index is 13.4. The van der Waals surface area contributed by atoms with Gasteiger partial charge in [-0.05, 0) is 62.2 Å². The third-order valence-corrected chi connectivity index (χ3v) is 8.02. The maximum absolute atomic E-state index is 13.4. The third kappa shape index (κ3) is 6.52. The minimum Gasteiger partial charge on any atom is -0.438 e. The minimum absolute atomic E-state index is 0.373. The molecule has 0 aliphatic rings. The Hall–Kier alpha value is -6.23. The Kier molecular flexibility index (Phi) is 8.40. The number of aryl methyl sites for hydroxylation is 3. The van der Waals surface area contributed by atoms with E-state index >= 15 is 0 Å². The van der Waals surface area contributed by atoms with Gasteiger partial charge in [0, 0.05) is 41.8 Å². The highest BCUT2D eigenvalue weighted by molar-refractivity contribution is 6.07. The predicted octanol–water partition coefficient (Wildman–Crippen LogP) is 8.53. The number of imidazole rings is 1. The number of ether oxygens (including phenoxy) is 1. The van der Waals surface area contributed by atoms with Crippen LogP contribution < -0.4 is 20.7 Å². The number of nitrogens with zero attached hydrogens (tertiary/aromatic N) is 6. The average Bonchev–Trinajstić information content (AvgIpc) is 3.67. The number of carbonyl (C=O) groups excluding carboxylic acids is 1. The zero-order valence-electron chi connectivity index (χ0n) is 26.9. The van der Waals surface area contributed by atoms with Gasteiger partial charge in [-0.25, -0.2) is 19.4 Å². The highest BCUT2D eigenvalue weighted by Crippen LogP contribution is 2.34. The molecule has 48 heavy (non-hydrogen) atoms. The van der Waals surface area contributed by atoms with E-state index in [4.69, 9.17) is 9.84 Å². The normalized spacial score (nSPS) is 11.1. The molecule has 240 valence electrons. The highest BCUT2D eigenvalue weighted by atomic mass is 16.5. The topological polar surface area (TPSA) is 124 Å². The summed E-state index contributed by atoms with van der Waals surface area (Å²) in [5, 5.41) is 15.7. The van der Waals surface area contributed by atoms with Gasteiger partial charge >= 0.3 is 6.03 Å². The molecule has 0 aliphatic carbocycles. The lowest BCUT2D eigenvalue weighted by molar-refractivity contribution is 0.262. The molecule has 3 aromatic heterocycles. The van der Waals surface area contributed by atoms with E-state index in [0.717, 1.165) is 63.7 Å². The van der Waals surface area contributed by atoms with Crippen LogP contribution >= 0.6 is 0 Å². The molecule has 0 spiro atoms. The van der Waals surface area contributed by atoms with Crippen molar-refractivity contribution < 1.29 is 9.53 Å². The summed E-state index contributed by atoms with van der Waals surface area (Å²) in [5.74, 6) is 1.96. The van der Waals surface area contributed by atoms with Crippen molar-refractivity contribution in [3.63, 3.8) is 0 Å². The summed E-state index contributed by atoms with van der Waals surface area (Å²) < 4.78 is 10.0. The molecule has 0 fully saturated rings. The van der Waals surface area contributed by atoms with Crippen molar-refractivity contribution in [2.75, 3.05) is 16.0 Å². The van der Waals surface area contributed by atoms with Crippen LogP contribution in [0.3, 0.4) is 0 Å². The molecule has 0 radical (unpaired) electrons. The Balaban J connectivity index is 1.09. The monoisotopic (exact) mass is 637 g/mol. The van der Waals surface area contributed by atoms with Crippen molar-refractivity contribution in [1.82, 2.24) is 29.3 Å². The van der Waals surface area contributed by atoms with Gasteiger partial charge in [-0.2, -0.15) is 10.1 Å². The van der Waals surface area contributed by atoms with E-state index in [2.05, 4.69) is 37.8 Å². The highest BCUT2D eigenvalue weighted by Gasteiger charge is 2.15. The second-order valence-corrected chi connectivity index (χ2v) is 11.6. The van der Waals surface area contributed by atoms with Crippen molar-refractivity contribution >= 4 is 51.0 Å². The first-order valence-corrected chi connectivity index (χ1v) is 15.9. The summed E-state index contributed by atoms with van der Waals surface area (Å²) in [6.07, 6.45) is 6.34. The number of fused-ring (bicyclic) bond motifs is 2. The first kappa shape index (κ1) is 30.4. The SMILES string of the molecule is CCCCc1cc(NC(=O)Nc2ccc(Oc3ccnc(Nc4ccc5c(c4)ncn5C)n3)c3ccccc23)n(-c2ccc(C)cc2)n1. The van der Waals surface area contributed by atoms with Crippen LogP contribution in [0.25, 0.3) is 27.5 Å². The van der Waals surface area contributed by atoms with E-state index in [1.165, 1.54) is 0 Å². The first-order valence-electron chi connectivity index (χ1n) is 15.9. The van der Waals surface area contributed by atoms with Crippen LogP contribution in [0.4, 0.5) is 27.9 Å². The molecule has 3 N–H and O–H groups in total. The smallest absolute Gasteiger partial charge is 0.324 e. The first-order chi connectivity index (χ1) is 23.4. The van der Waals surface area contributed by atoms with E-state index in [0.29, 0.717) is 29.1 Å². The molecule has 0 atom stereocenters. The number of nitrogens with one attached hydrogen (secondary N) is 3. The summed E-state index contributed by atoms with van der Waals surface area (Å²) >= 11 is 0. The van der Waals surface area contributed by atoms with Crippen molar-refractivity contribution in [3.05, 3.63) is 115 Å². The van der Waals surface area contributed by atoms with E-state index in [9.17, 15) is 4.79 Å². The Morgan fingerprint density at radius 2 is 1.73 bits per heavy atom. The molecule has 11 nitrogen and oxygen atoms in total. The lowest BCUT2D eigenvalue weighted by atomic mass is 10.1. The quantitative estimate of drug-likeness (QED) is 0.137. The molecule has 7 aromatic rings. The van der Waals surface area contributed by atoms with Gasteiger partial charge < -0.3 is 19.9 Å². The Labute approximate surface area is 277 Å². The number of benzene rings is 4. The molecule has 7 rings (SSSR count). The average molecular weight is 638 g/mol. The van der Waals surface area contributed by atoms with Gasteiger partial charge in [-0.1, -0.05) is 55.3 Å². The van der Waals surface area contributed by atoms with Crippen LogP contribution in [0.1, 0.15) is 31.0 Å². The van der Waals surface area contributed by atoms with Crippen molar-refractivity contribution in [3.8, 4) is 17.3 Å². The van der Waals surface area contributed by atoms with E-state index in [-0.39, 0.29) is 6.03 Å². The third-order valence-electron chi connectivity index (χ3n) is 8.02. The van der Waals surface area contributed by atoms with Crippen molar-refractivity contribution in [2.45, 2.75) is 33.1 Å². The molecule has 11 heteroatoms. The minimum atomic E-state index is -0.375. The molecule has 0 unspecified atom stereocenters. The summed E-state index contributed by atoms with van der Waals surface area (Å²) in [6.45, 7) is 4.19. The van der Waals surface area contributed by atoms with Gasteiger partial charge in [-0.15, -0.1) is 0 Å². The number of unbranched alkanes of at least 4 members (excludes halogenated alkanes) is 1. The zero-order chi connectivity index (χ0) is 33.0. The van der Waals surface area contributed by atoms with E-state index in [1.807, 2.05) is 103 Å². The lowest BCUT2D eigenvalue weighted by Gasteiger charge is -2.14. The number of anilines is 4. The molecule has 0 saturated carbocycles. The maximum Gasteiger partial charge on any atom is 0.324 e. The largest absolute Gasteiger partial charge is 0.438 e. The number of rotatable bonds is 10. The summed E-state index contributed by atoms with van der Waals surface area (Å²) in [5.41, 5.74) is 6.32. The van der Waals surface area contributed by atoms with Crippen molar-refractivity contribution in [2.24, 2.45) is 7.05 Å². The molecular weight excluding hydrogens is 602 g/mol. The molecule has 4 aromatic carbocycles. The number of amides is 2. The van der Waals surface area contributed by atoms with Crippen LogP contribution in [0.15, 0.2) is 104 Å². The van der Waals surface area contributed by atoms with Gasteiger partial charge in [0.2, 0.25) is 11.8 Å². The van der Waals surface area contributed by atoms with Crippen LogP contribution in [0.2, 0.25) is 0 Å². The van der Waals surface area contributed by atoms with Crippen LogP contribution in [0.5, 0.6) is 11.6 Å². The zero-order valence-corrected chi connectivity index (χ0v) is 26.9. The standard InChI is InChI=1S/C37H35N9O2/c1-4-5-8-26-22-34(46(44-26)27-14-11-24(2)12-15-27)42-37(47)41-30-16-18-33(29-10-7-6-9-28(29)30)48-35-19-20-38-36(43-35)40-25-13-17-32-31(21-25)39-23-45(32)3/h6-7,9-23H,4-5,8H2,1-3H3,(H,38,40,43)(H2,41,42,47). The Morgan fingerprint density at radius 1 is 0.896 bits per heavy atom. The lowest BCUT2D eigenvalue weighted by Crippen LogP contribution is -2.21. The molecule has 0 aliphatic heterocycles. The van der Waals surface area contributed by atoms with Gasteiger partial charge in [0.1, 0.15) is 11.6 Å². The fraction of sp³-hybridized carbons (Fsp3) is 0.162. The number of hydrogen-bond donors (Lipinski definition) is 3. The van der Waals surface area contributed by atoms with E-state index < -0.39 is 0 Å². The molecular formula is C37H35N9O2. The molecule has 3 heterocycles. The van der Waals surface area contributed by atoms with E-state index in [1.54, 1.807) is 23.3 Å². The summed E-state index contributed by atoms with van der Waals surface area (Å²) in [7, 11) is 1.96. The number of aromatic nitrogens is 6. The van der Waals surface area contributed by atoms with Crippen LogP contribution in [-0.4, -0.2) is 35.3 Å². The molecule has 0 saturated heterocycles. The number of urea groups is 1. The second-order valence-electron chi connectivity index (χ2n) is 11.6. The second kappa shape index (κ2) is 13.2. The van der Waals surface area contributed by atoms with Crippen molar-refractivity contribution in [1.29, 1.82) is 0 Å². The van der Waals surface area contributed by atoms with Crippen LogP contribution in [-0.2, 0) is 13.5 Å². The number of hydrogen-bond acceptors (Lipinski definition) is 7. The van der Waals surface area contributed by atoms with Gasteiger partial charge in [0.05, 0.1) is 34.4 Å².